The first-order valence-corrected chi connectivity index (χ1v) is 7.76. The van der Waals surface area contributed by atoms with Gasteiger partial charge in [-0.25, -0.2) is 14.5 Å². The number of pyridine rings is 1. The first-order chi connectivity index (χ1) is 11.7. The largest absolute Gasteiger partial charge is 0.465 e. The second-order valence-corrected chi connectivity index (χ2v) is 5.79. The zero-order chi connectivity index (χ0) is 16.5. The summed E-state index contributed by atoms with van der Waals surface area (Å²) in [6, 6.07) is 13.9. The van der Waals surface area contributed by atoms with Gasteiger partial charge in [0, 0.05) is 24.7 Å². The van der Waals surface area contributed by atoms with Crippen molar-refractivity contribution in [1.29, 1.82) is 0 Å². The number of carbonyl (C=O) groups is 1. The van der Waals surface area contributed by atoms with Crippen LogP contribution in [0.5, 0.6) is 0 Å². The Hall–Kier alpha value is -3.15. The van der Waals surface area contributed by atoms with E-state index in [9.17, 15) is 4.79 Å². The lowest BCUT2D eigenvalue weighted by molar-refractivity contribution is 0.0826. The molecule has 3 heterocycles. The zero-order valence-corrected chi connectivity index (χ0v) is 12.9. The molecule has 0 bridgehead atoms. The molecule has 24 heavy (non-hydrogen) atoms. The summed E-state index contributed by atoms with van der Waals surface area (Å²) in [5.74, 6) is 0. The van der Waals surface area contributed by atoms with E-state index in [0.717, 1.165) is 22.3 Å². The molecular weight excluding hydrogens is 304 g/mol. The normalized spacial score (nSPS) is 15.1. The van der Waals surface area contributed by atoms with Gasteiger partial charge in [-0.1, -0.05) is 36.4 Å². The zero-order valence-electron chi connectivity index (χ0n) is 12.9. The maximum absolute atomic E-state index is 11.0. The topological polar surface area (TPSA) is 71.2 Å². The molecule has 0 aliphatic carbocycles. The van der Waals surface area contributed by atoms with Crippen LogP contribution in [0.3, 0.4) is 0 Å². The summed E-state index contributed by atoms with van der Waals surface area (Å²) in [7, 11) is 0. The Kier molecular flexibility index (Phi) is 3.49. The van der Waals surface area contributed by atoms with E-state index in [-0.39, 0.29) is 6.04 Å². The second-order valence-electron chi connectivity index (χ2n) is 5.79. The molecule has 2 aromatic heterocycles. The summed E-state index contributed by atoms with van der Waals surface area (Å²) in [6.45, 7) is 0.898. The Labute approximate surface area is 138 Å². The van der Waals surface area contributed by atoms with Gasteiger partial charge < -0.3 is 10.0 Å². The molecule has 1 aliphatic heterocycles. The van der Waals surface area contributed by atoms with E-state index in [1.165, 1.54) is 4.90 Å². The fourth-order valence-electron chi connectivity index (χ4n) is 2.88. The molecule has 120 valence electrons. The standard InChI is InChI=1S/C18H16N4O2/c23-18(24)21-11-14(12-21)22-17-15(7-4-10-19-17)16(20-22)9-8-13-5-2-1-3-6-13/h1-10,14H,11-12H2,(H,23,24)/b9-8+. The maximum Gasteiger partial charge on any atom is 0.407 e. The highest BCUT2D eigenvalue weighted by molar-refractivity contribution is 5.87. The number of rotatable bonds is 3. The van der Waals surface area contributed by atoms with Crippen LogP contribution in [0, 0.1) is 0 Å². The second kappa shape index (κ2) is 5.81. The third-order valence-electron chi connectivity index (χ3n) is 4.21. The highest BCUT2D eigenvalue weighted by Gasteiger charge is 2.33. The first kappa shape index (κ1) is 14.4. The van der Waals surface area contributed by atoms with Crippen LogP contribution in [0.1, 0.15) is 17.3 Å². The Balaban J connectivity index is 1.67. The van der Waals surface area contributed by atoms with Gasteiger partial charge in [-0.15, -0.1) is 0 Å². The quantitative estimate of drug-likeness (QED) is 0.805. The number of aromatic nitrogens is 3. The van der Waals surface area contributed by atoms with Crippen LogP contribution in [-0.4, -0.2) is 44.0 Å². The molecule has 6 nitrogen and oxygen atoms in total. The van der Waals surface area contributed by atoms with Crippen LogP contribution >= 0.6 is 0 Å². The molecule has 4 rings (SSSR count). The van der Waals surface area contributed by atoms with Crippen molar-refractivity contribution in [3.05, 3.63) is 59.9 Å². The lowest BCUT2D eigenvalue weighted by Gasteiger charge is -2.36. The van der Waals surface area contributed by atoms with E-state index in [1.807, 2.05) is 59.3 Å². The van der Waals surface area contributed by atoms with Gasteiger partial charge in [0.1, 0.15) is 0 Å². The van der Waals surface area contributed by atoms with Crippen LogP contribution in [0.4, 0.5) is 4.79 Å². The summed E-state index contributed by atoms with van der Waals surface area (Å²) < 4.78 is 1.85. The van der Waals surface area contributed by atoms with Crippen molar-refractivity contribution in [2.75, 3.05) is 13.1 Å². The van der Waals surface area contributed by atoms with Gasteiger partial charge >= 0.3 is 6.09 Å². The van der Waals surface area contributed by atoms with Crippen molar-refractivity contribution >= 4 is 29.3 Å². The summed E-state index contributed by atoms with van der Waals surface area (Å²) in [4.78, 5) is 16.8. The number of benzene rings is 1. The third kappa shape index (κ3) is 2.52. The van der Waals surface area contributed by atoms with Crippen LogP contribution in [0.25, 0.3) is 23.2 Å². The molecular formula is C18H16N4O2. The molecule has 1 aromatic carbocycles. The lowest BCUT2D eigenvalue weighted by atomic mass is 10.1. The molecule has 3 aromatic rings. The van der Waals surface area contributed by atoms with Crippen molar-refractivity contribution < 1.29 is 9.90 Å². The molecule has 0 unspecified atom stereocenters. The number of hydrogen-bond acceptors (Lipinski definition) is 3. The fraction of sp³-hybridized carbons (Fsp3) is 0.167. The van der Waals surface area contributed by atoms with E-state index < -0.39 is 6.09 Å². The van der Waals surface area contributed by atoms with Gasteiger partial charge in [-0.05, 0) is 23.8 Å². The number of hydrogen-bond donors (Lipinski definition) is 1. The van der Waals surface area contributed by atoms with Gasteiger partial charge in [-0.2, -0.15) is 5.10 Å². The minimum Gasteiger partial charge on any atom is -0.465 e. The Morgan fingerprint density at radius 3 is 2.67 bits per heavy atom. The molecule has 0 radical (unpaired) electrons. The summed E-state index contributed by atoms with van der Waals surface area (Å²) in [6.07, 6.45) is 4.84. The highest BCUT2D eigenvalue weighted by atomic mass is 16.4. The molecule has 1 fully saturated rings. The smallest absolute Gasteiger partial charge is 0.407 e. The average Bonchev–Trinajstić information content (AvgIpc) is 2.91. The molecule has 1 saturated heterocycles. The van der Waals surface area contributed by atoms with Crippen molar-refractivity contribution in [1.82, 2.24) is 19.7 Å². The van der Waals surface area contributed by atoms with Gasteiger partial charge in [0.2, 0.25) is 0 Å². The monoisotopic (exact) mass is 320 g/mol. The van der Waals surface area contributed by atoms with Crippen molar-refractivity contribution in [2.24, 2.45) is 0 Å². The van der Waals surface area contributed by atoms with Crippen LogP contribution in [0.15, 0.2) is 48.7 Å². The number of fused-ring (bicyclic) bond motifs is 1. The van der Waals surface area contributed by atoms with Gasteiger partial charge in [0.25, 0.3) is 0 Å². The van der Waals surface area contributed by atoms with Crippen LogP contribution in [-0.2, 0) is 0 Å². The number of carboxylic acid groups (broad SMARTS) is 1. The molecule has 1 amide bonds. The lowest BCUT2D eigenvalue weighted by Crippen LogP contribution is -2.50. The van der Waals surface area contributed by atoms with Crippen LogP contribution in [0.2, 0.25) is 0 Å². The number of amides is 1. The molecule has 0 spiro atoms. The molecule has 1 N–H and O–H groups in total. The van der Waals surface area contributed by atoms with Gasteiger partial charge in [-0.3, -0.25) is 0 Å². The summed E-state index contributed by atoms with van der Waals surface area (Å²) in [5, 5.41) is 14.6. The minimum absolute atomic E-state index is 0.0392. The Morgan fingerprint density at radius 2 is 1.92 bits per heavy atom. The summed E-state index contributed by atoms with van der Waals surface area (Å²) >= 11 is 0. The average molecular weight is 320 g/mol. The third-order valence-corrected chi connectivity index (χ3v) is 4.21. The van der Waals surface area contributed by atoms with E-state index in [4.69, 9.17) is 5.11 Å². The molecule has 1 aliphatic rings. The van der Waals surface area contributed by atoms with Crippen molar-refractivity contribution in [3.8, 4) is 0 Å². The van der Waals surface area contributed by atoms with E-state index in [1.54, 1.807) is 6.20 Å². The molecule has 0 saturated carbocycles. The van der Waals surface area contributed by atoms with E-state index >= 15 is 0 Å². The Morgan fingerprint density at radius 1 is 1.12 bits per heavy atom. The predicted molar refractivity (Wildman–Crippen MR) is 91.5 cm³/mol. The fourth-order valence-corrected chi connectivity index (χ4v) is 2.88. The van der Waals surface area contributed by atoms with Gasteiger partial charge in [0.15, 0.2) is 5.65 Å². The number of nitrogens with zero attached hydrogens (tertiary/aromatic N) is 4. The minimum atomic E-state index is -0.889. The Bertz CT molecular complexity index is 911. The van der Waals surface area contributed by atoms with E-state index in [0.29, 0.717) is 13.1 Å². The molecule has 0 atom stereocenters. The van der Waals surface area contributed by atoms with Crippen molar-refractivity contribution in [2.45, 2.75) is 6.04 Å². The first-order valence-electron chi connectivity index (χ1n) is 7.76. The predicted octanol–water partition coefficient (Wildman–Crippen LogP) is 3.14. The molecule has 6 heteroatoms. The SMILES string of the molecule is O=C(O)N1CC(n2nc(/C=C/c3ccccc3)c3cccnc32)C1. The van der Waals surface area contributed by atoms with E-state index in [2.05, 4.69) is 10.1 Å². The van der Waals surface area contributed by atoms with Crippen molar-refractivity contribution in [3.63, 3.8) is 0 Å². The maximum atomic E-state index is 11.0. The highest BCUT2D eigenvalue weighted by Crippen LogP contribution is 2.27. The van der Waals surface area contributed by atoms with Crippen LogP contribution < -0.4 is 0 Å². The summed E-state index contributed by atoms with van der Waals surface area (Å²) in [5.41, 5.74) is 2.74. The number of likely N-dealkylation sites (tertiary alicyclic amines) is 1. The van der Waals surface area contributed by atoms with Gasteiger partial charge in [0.05, 0.1) is 11.7 Å².